The highest BCUT2D eigenvalue weighted by atomic mass is 79.9. The number of methoxy groups -OCH3 is 1. The van der Waals surface area contributed by atoms with Crippen LogP contribution in [0.25, 0.3) is 0 Å². The van der Waals surface area contributed by atoms with E-state index < -0.39 is 0 Å². The predicted molar refractivity (Wildman–Crippen MR) is 56.7 cm³/mol. The number of benzene rings is 1. The van der Waals surface area contributed by atoms with Crippen LogP contribution in [0.4, 0.5) is 0 Å². The fraction of sp³-hybridized carbons (Fsp3) is 0.300. The van der Waals surface area contributed by atoms with Crippen LogP contribution < -0.4 is 4.74 Å². The molecule has 0 spiro atoms. The fourth-order valence-electron chi connectivity index (χ4n) is 1.05. The second-order valence-corrected chi connectivity index (χ2v) is 3.34. The zero-order valence-electron chi connectivity index (χ0n) is 8.04. The number of esters is 1. The molecule has 0 heterocycles. The summed E-state index contributed by atoms with van der Waals surface area (Å²) in [6, 6.07) is 5.22. The highest BCUT2D eigenvalue weighted by molar-refractivity contribution is 9.10. The molecule has 0 aliphatic heterocycles. The van der Waals surface area contributed by atoms with Crippen molar-refractivity contribution < 1.29 is 14.3 Å². The minimum Gasteiger partial charge on any atom is -0.493 e. The van der Waals surface area contributed by atoms with E-state index in [1.807, 2.05) is 6.92 Å². The molecule has 0 atom stereocenters. The van der Waals surface area contributed by atoms with Crippen molar-refractivity contribution in [2.24, 2.45) is 0 Å². The zero-order valence-corrected chi connectivity index (χ0v) is 9.63. The third kappa shape index (κ3) is 2.26. The summed E-state index contributed by atoms with van der Waals surface area (Å²) in [7, 11) is 1.35. The first-order valence-electron chi connectivity index (χ1n) is 4.20. The molecule has 0 radical (unpaired) electrons. The van der Waals surface area contributed by atoms with E-state index in [1.54, 1.807) is 18.2 Å². The van der Waals surface area contributed by atoms with Gasteiger partial charge in [-0.05, 0) is 35.0 Å². The lowest BCUT2D eigenvalue weighted by Gasteiger charge is -2.08. The summed E-state index contributed by atoms with van der Waals surface area (Å²) in [4.78, 5) is 11.3. The van der Waals surface area contributed by atoms with Gasteiger partial charge in [-0.2, -0.15) is 0 Å². The largest absolute Gasteiger partial charge is 0.493 e. The van der Waals surface area contributed by atoms with Crippen molar-refractivity contribution in [3.63, 3.8) is 0 Å². The molecule has 1 rings (SSSR count). The van der Waals surface area contributed by atoms with Gasteiger partial charge in [0, 0.05) is 0 Å². The molecule has 4 heteroatoms. The van der Waals surface area contributed by atoms with Crippen LogP contribution in [-0.2, 0) is 4.74 Å². The van der Waals surface area contributed by atoms with E-state index >= 15 is 0 Å². The van der Waals surface area contributed by atoms with Crippen LogP contribution in [0.15, 0.2) is 22.7 Å². The number of hydrogen-bond donors (Lipinski definition) is 0. The van der Waals surface area contributed by atoms with Crippen LogP contribution in [0.3, 0.4) is 0 Å². The Labute approximate surface area is 91.1 Å². The molecule has 0 aliphatic rings. The van der Waals surface area contributed by atoms with Crippen molar-refractivity contribution in [3.05, 3.63) is 28.2 Å². The minimum absolute atomic E-state index is 0.376. The maximum absolute atomic E-state index is 11.3. The minimum atomic E-state index is -0.376. The fourth-order valence-corrected chi connectivity index (χ4v) is 1.59. The van der Waals surface area contributed by atoms with E-state index in [2.05, 4.69) is 20.7 Å². The Hall–Kier alpha value is -1.03. The summed E-state index contributed by atoms with van der Waals surface area (Å²) in [5, 5.41) is 0. The van der Waals surface area contributed by atoms with Crippen LogP contribution in [0, 0.1) is 0 Å². The smallest absolute Gasteiger partial charge is 0.339 e. The summed E-state index contributed by atoms with van der Waals surface area (Å²) in [5.41, 5.74) is 0.471. The van der Waals surface area contributed by atoms with Crippen LogP contribution in [0.1, 0.15) is 17.3 Å². The highest BCUT2D eigenvalue weighted by Gasteiger charge is 2.13. The topological polar surface area (TPSA) is 35.5 Å². The first kappa shape index (κ1) is 11.0. The SMILES string of the molecule is CCOc1cccc(C(=O)OC)c1Br. The van der Waals surface area contributed by atoms with Gasteiger partial charge in [0.15, 0.2) is 0 Å². The van der Waals surface area contributed by atoms with E-state index in [9.17, 15) is 4.79 Å². The summed E-state index contributed by atoms with van der Waals surface area (Å²) in [5.74, 6) is 0.272. The molecule has 0 unspecified atom stereocenters. The van der Waals surface area contributed by atoms with Gasteiger partial charge in [-0.25, -0.2) is 4.79 Å². The number of rotatable bonds is 3. The Morgan fingerprint density at radius 1 is 1.50 bits per heavy atom. The van der Waals surface area contributed by atoms with Gasteiger partial charge in [0.05, 0.1) is 23.8 Å². The number of carbonyl (C=O) groups is 1. The lowest BCUT2D eigenvalue weighted by molar-refractivity contribution is 0.0599. The van der Waals surface area contributed by atoms with Gasteiger partial charge in [-0.15, -0.1) is 0 Å². The molecule has 0 saturated heterocycles. The number of halogens is 1. The molecule has 3 nitrogen and oxygen atoms in total. The number of carbonyl (C=O) groups excluding carboxylic acids is 1. The molecule has 0 fully saturated rings. The number of ether oxygens (including phenoxy) is 2. The van der Waals surface area contributed by atoms with Crippen molar-refractivity contribution in [2.45, 2.75) is 6.92 Å². The highest BCUT2D eigenvalue weighted by Crippen LogP contribution is 2.28. The molecule has 0 N–H and O–H groups in total. The van der Waals surface area contributed by atoms with Crippen LogP contribution >= 0.6 is 15.9 Å². The van der Waals surface area contributed by atoms with E-state index in [4.69, 9.17) is 4.74 Å². The molecule has 0 amide bonds. The van der Waals surface area contributed by atoms with Crippen LogP contribution in [0.2, 0.25) is 0 Å². The quantitative estimate of drug-likeness (QED) is 0.783. The Kier molecular flexibility index (Phi) is 3.95. The molecule has 14 heavy (non-hydrogen) atoms. The Morgan fingerprint density at radius 2 is 2.21 bits per heavy atom. The molecular weight excluding hydrogens is 248 g/mol. The molecule has 0 bridgehead atoms. The van der Waals surface area contributed by atoms with E-state index in [1.165, 1.54) is 7.11 Å². The molecule has 0 saturated carbocycles. The van der Waals surface area contributed by atoms with Gasteiger partial charge in [0.2, 0.25) is 0 Å². The van der Waals surface area contributed by atoms with E-state index in [-0.39, 0.29) is 5.97 Å². The zero-order chi connectivity index (χ0) is 10.6. The maximum atomic E-state index is 11.3. The van der Waals surface area contributed by atoms with Crippen molar-refractivity contribution >= 4 is 21.9 Å². The van der Waals surface area contributed by atoms with E-state index in [0.717, 1.165) is 0 Å². The van der Waals surface area contributed by atoms with Gasteiger partial charge < -0.3 is 9.47 Å². The van der Waals surface area contributed by atoms with Gasteiger partial charge >= 0.3 is 5.97 Å². The molecule has 0 aromatic heterocycles. The lowest BCUT2D eigenvalue weighted by atomic mass is 10.2. The van der Waals surface area contributed by atoms with E-state index in [0.29, 0.717) is 22.4 Å². The average Bonchev–Trinajstić information content (AvgIpc) is 2.20. The van der Waals surface area contributed by atoms with Gasteiger partial charge in [-0.3, -0.25) is 0 Å². The van der Waals surface area contributed by atoms with Crippen molar-refractivity contribution in [2.75, 3.05) is 13.7 Å². The molecule has 0 aliphatic carbocycles. The second kappa shape index (κ2) is 5.00. The van der Waals surface area contributed by atoms with Crippen LogP contribution in [0.5, 0.6) is 5.75 Å². The third-order valence-corrected chi connectivity index (χ3v) is 2.49. The molecule has 1 aromatic rings. The van der Waals surface area contributed by atoms with Gasteiger partial charge in [0.25, 0.3) is 0 Å². The van der Waals surface area contributed by atoms with Gasteiger partial charge in [-0.1, -0.05) is 6.07 Å². The Morgan fingerprint density at radius 3 is 2.79 bits per heavy atom. The lowest BCUT2D eigenvalue weighted by Crippen LogP contribution is -2.03. The van der Waals surface area contributed by atoms with Crippen molar-refractivity contribution in [3.8, 4) is 5.75 Å². The summed E-state index contributed by atoms with van der Waals surface area (Å²) < 4.78 is 10.6. The normalized spacial score (nSPS) is 9.64. The third-order valence-electron chi connectivity index (χ3n) is 1.67. The Balaban J connectivity index is 3.07. The monoisotopic (exact) mass is 258 g/mol. The summed E-state index contributed by atoms with van der Waals surface area (Å²) >= 11 is 3.30. The summed E-state index contributed by atoms with van der Waals surface area (Å²) in [6.45, 7) is 2.44. The van der Waals surface area contributed by atoms with Gasteiger partial charge in [0.1, 0.15) is 5.75 Å². The number of hydrogen-bond acceptors (Lipinski definition) is 3. The van der Waals surface area contributed by atoms with Crippen molar-refractivity contribution in [1.29, 1.82) is 0 Å². The van der Waals surface area contributed by atoms with Crippen molar-refractivity contribution in [1.82, 2.24) is 0 Å². The maximum Gasteiger partial charge on any atom is 0.339 e. The standard InChI is InChI=1S/C10H11BrO3/c1-3-14-8-6-4-5-7(9(8)11)10(12)13-2/h4-6H,3H2,1-2H3. The Bertz CT molecular complexity index is 336. The molecular formula is C10H11BrO3. The first-order chi connectivity index (χ1) is 6.70. The average molecular weight is 259 g/mol. The second-order valence-electron chi connectivity index (χ2n) is 2.54. The molecule has 76 valence electrons. The first-order valence-corrected chi connectivity index (χ1v) is 4.99. The van der Waals surface area contributed by atoms with Crippen LogP contribution in [-0.4, -0.2) is 19.7 Å². The molecule has 1 aromatic carbocycles. The predicted octanol–water partition coefficient (Wildman–Crippen LogP) is 2.63. The summed E-state index contributed by atoms with van der Waals surface area (Å²) in [6.07, 6.45) is 0.